The van der Waals surface area contributed by atoms with E-state index < -0.39 is 10.0 Å². The van der Waals surface area contributed by atoms with Gasteiger partial charge >= 0.3 is 0 Å². The van der Waals surface area contributed by atoms with Crippen molar-refractivity contribution >= 4 is 27.5 Å². The average Bonchev–Trinajstić information content (AvgIpc) is 2.57. The lowest BCUT2D eigenvalue weighted by Gasteiger charge is -2.32. The molecular weight excluding hydrogens is 362 g/mol. The lowest BCUT2D eigenvalue weighted by atomic mass is 10.0. The number of carbonyl (C=O) groups excluding carboxylic acids is 1. The summed E-state index contributed by atoms with van der Waals surface area (Å²) in [7, 11) is -2.29. The molecular formula is C17H26ClN3O3S. The van der Waals surface area contributed by atoms with Crippen LogP contribution in [0.15, 0.2) is 29.2 Å². The quantitative estimate of drug-likeness (QED) is 0.776. The van der Waals surface area contributed by atoms with Crippen LogP contribution >= 0.6 is 11.6 Å². The zero-order chi connectivity index (χ0) is 18.4. The minimum Gasteiger partial charge on any atom is -0.352 e. The first-order chi connectivity index (χ1) is 11.8. The normalized spacial score (nSPS) is 17.0. The van der Waals surface area contributed by atoms with Gasteiger partial charge in [-0.25, -0.2) is 8.42 Å². The Morgan fingerprint density at radius 3 is 2.44 bits per heavy atom. The number of hydrogen-bond donors (Lipinski definition) is 1. The average molecular weight is 388 g/mol. The SMILES string of the molecule is CCCN1CCC(NC(=O)CN(C)S(=O)(=O)c2ccc(Cl)cc2)CC1. The Bertz CT molecular complexity index is 671. The van der Waals surface area contributed by atoms with Crippen LogP contribution in [0.3, 0.4) is 0 Å². The number of hydrogen-bond acceptors (Lipinski definition) is 4. The number of likely N-dealkylation sites (N-methyl/N-ethyl adjacent to an activating group) is 1. The zero-order valence-electron chi connectivity index (χ0n) is 14.7. The van der Waals surface area contributed by atoms with E-state index in [-0.39, 0.29) is 23.4 Å². The number of carbonyl (C=O) groups is 1. The summed E-state index contributed by atoms with van der Waals surface area (Å²) in [6.07, 6.45) is 2.93. The Morgan fingerprint density at radius 2 is 1.88 bits per heavy atom. The summed E-state index contributed by atoms with van der Waals surface area (Å²) in [5.74, 6) is -0.269. The van der Waals surface area contributed by atoms with Crippen molar-refractivity contribution in [3.05, 3.63) is 29.3 Å². The highest BCUT2D eigenvalue weighted by Crippen LogP contribution is 2.17. The van der Waals surface area contributed by atoms with Crippen molar-refractivity contribution in [2.75, 3.05) is 33.2 Å². The third-order valence-corrected chi connectivity index (χ3v) is 6.45. The first-order valence-electron chi connectivity index (χ1n) is 8.56. The van der Waals surface area contributed by atoms with Crippen molar-refractivity contribution in [3.8, 4) is 0 Å². The van der Waals surface area contributed by atoms with Gasteiger partial charge in [-0.1, -0.05) is 18.5 Å². The molecule has 0 spiro atoms. The lowest BCUT2D eigenvalue weighted by molar-refractivity contribution is -0.122. The predicted octanol–water partition coefficient (Wildman–Crippen LogP) is 1.95. The molecule has 1 N–H and O–H groups in total. The van der Waals surface area contributed by atoms with Crippen LogP contribution in [-0.2, 0) is 14.8 Å². The number of likely N-dealkylation sites (tertiary alicyclic amines) is 1. The number of sulfonamides is 1. The van der Waals surface area contributed by atoms with Crippen LogP contribution in [0.5, 0.6) is 0 Å². The molecule has 1 amide bonds. The van der Waals surface area contributed by atoms with Gasteiger partial charge in [0.05, 0.1) is 11.4 Å². The highest BCUT2D eigenvalue weighted by Gasteiger charge is 2.25. The summed E-state index contributed by atoms with van der Waals surface area (Å²) in [6, 6.07) is 6.04. The number of nitrogens with zero attached hydrogens (tertiary/aromatic N) is 2. The van der Waals surface area contributed by atoms with E-state index in [1.807, 2.05) is 0 Å². The third kappa shape index (κ3) is 5.67. The second-order valence-corrected chi connectivity index (χ2v) is 8.88. The van der Waals surface area contributed by atoms with E-state index in [1.54, 1.807) is 0 Å². The van der Waals surface area contributed by atoms with Gasteiger partial charge < -0.3 is 10.2 Å². The molecule has 0 aromatic heterocycles. The van der Waals surface area contributed by atoms with Crippen molar-refractivity contribution in [2.45, 2.75) is 37.1 Å². The molecule has 8 heteroatoms. The van der Waals surface area contributed by atoms with Crippen LogP contribution in [0.1, 0.15) is 26.2 Å². The second-order valence-electron chi connectivity index (χ2n) is 6.40. The van der Waals surface area contributed by atoms with Crippen molar-refractivity contribution in [1.82, 2.24) is 14.5 Å². The first-order valence-corrected chi connectivity index (χ1v) is 10.4. The summed E-state index contributed by atoms with van der Waals surface area (Å²) >= 11 is 5.79. The molecule has 1 aliphatic rings. The van der Waals surface area contributed by atoms with Crippen LogP contribution in [0.2, 0.25) is 5.02 Å². The van der Waals surface area contributed by atoms with Gasteiger partial charge in [0.1, 0.15) is 0 Å². The number of halogens is 1. The van der Waals surface area contributed by atoms with E-state index in [9.17, 15) is 13.2 Å². The molecule has 25 heavy (non-hydrogen) atoms. The highest BCUT2D eigenvalue weighted by molar-refractivity contribution is 7.89. The van der Waals surface area contributed by atoms with Crippen LogP contribution < -0.4 is 5.32 Å². The van der Waals surface area contributed by atoms with E-state index >= 15 is 0 Å². The first kappa shape index (κ1) is 20.2. The van der Waals surface area contributed by atoms with Gasteiger partial charge in [-0.05, 0) is 50.1 Å². The van der Waals surface area contributed by atoms with Crippen molar-refractivity contribution in [2.24, 2.45) is 0 Å². The van der Waals surface area contributed by atoms with Crippen LogP contribution in [0.25, 0.3) is 0 Å². The number of amides is 1. The smallest absolute Gasteiger partial charge is 0.243 e. The topological polar surface area (TPSA) is 69.7 Å². The summed E-state index contributed by atoms with van der Waals surface area (Å²) in [4.78, 5) is 14.7. The van der Waals surface area contributed by atoms with Crippen LogP contribution in [0, 0.1) is 0 Å². The van der Waals surface area contributed by atoms with Gasteiger partial charge in [-0.2, -0.15) is 4.31 Å². The largest absolute Gasteiger partial charge is 0.352 e. The van der Waals surface area contributed by atoms with Crippen LogP contribution in [-0.4, -0.2) is 62.8 Å². The number of rotatable bonds is 7. The molecule has 0 atom stereocenters. The van der Waals surface area contributed by atoms with Gasteiger partial charge in [0.15, 0.2) is 0 Å². The molecule has 1 heterocycles. The molecule has 1 aromatic carbocycles. The molecule has 0 bridgehead atoms. The summed E-state index contributed by atoms with van der Waals surface area (Å²) < 4.78 is 26.0. The molecule has 6 nitrogen and oxygen atoms in total. The summed E-state index contributed by atoms with van der Waals surface area (Å²) in [5.41, 5.74) is 0. The maximum absolute atomic E-state index is 12.5. The molecule has 1 fully saturated rings. The molecule has 0 saturated carbocycles. The molecule has 1 saturated heterocycles. The second kappa shape index (κ2) is 8.98. The third-order valence-electron chi connectivity index (χ3n) is 4.38. The monoisotopic (exact) mass is 387 g/mol. The Hall–Kier alpha value is -1.15. The lowest BCUT2D eigenvalue weighted by Crippen LogP contribution is -2.47. The van der Waals surface area contributed by atoms with Gasteiger partial charge in [0.25, 0.3) is 0 Å². The molecule has 2 rings (SSSR count). The molecule has 0 unspecified atom stereocenters. The van der Waals surface area contributed by atoms with E-state index in [0.29, 0.717) is 5.02 Å². The Balaban J connectivity index is 1.86. The van der Waals surface area contributed by atoms with E-state index in [4.69, 9.17) is 11.6 Å². The van der Waals surface area contributed by atoms with E-state index in [0.717, 1.165) is 43.2 Å². The fraction of sp³-hybridized carbons (Fsp3) is 0.588. The van der Waals surface area contributed by atoms with Gasteiger partial charge in [0, 0.05) is 31.2 Å². The van der Waals surface area contributed by atoms with E-state index in [2.05, 4.69) is 17.1 Å². The van der Waals surface area contributed by atoms with Gasteiger partial charge in [0.2, 0.25) is 15.9 Å². The maximum atomic E-state index is 12.5. The Morgan fingerprint density at radius 1 is 1.28 bits per heavy atom. The standard InChI is InChI=1S/C17H26ClN3O3S/c1-3-10-21-11-8-15(9-12-21)19-17(22)13-20(2)25(23,24)16-6-4-14(18)5-7-16/h4-7,15H,3,8-13H2,1-2H3,(H,19,22). The molecule has 0 radical (unpaired) electrons. The number of nitrogens with one attached hydrogen (secondary N) is 1. The van der Waals surface area contributed by atoms with Crippen molar-refractivity contribution < 1.29 is 13.2 Å². The predicted molar refractivity (Wildman–Crippen MR) is 99.2 cm³/mol. The van der Waals surface area contributed by atoms with Crippen molar-refractivity contribution in [3.63, 3.8) is 0 Å². The van der Waals surface area contributed by atoms with E-state index in [1.165, 1.54) is 31.3 Å². The number of piperidine rings is 1. The Labute approximate surface area is 155 Å². The summed E-state index contributed by atoms with van der Waals surface area (Å²) in [5, 5.41) is 3.42. The van der Waals surface area contributed by atoms with Gasteiger partial charge in [-0.3, -0.25) is 4.79 Å². The number of benzene rings is 1. The fourth-order valence-electron chi connectivity index (χ4n) is 2.96. The molecule has 1 aliphatic heterocycles. The highest BCUT2D eigenvalue weighted by atomic mass is 35.5. The molecule has 0 aliphatic carbocycles. The van der Waals surface area contributed by atoms with Crippen LogP contribution in [0.4, 0.5) is 0 Å². The fourth-order valence-corrected chi connectivity index (χ4v) is 4.22. The zero-order valence-corrected chi connectivity index (χ0v) is 16.3. The molecule has 140 valence electrons. The Kier molecular flexibility index (Phi) is 7.25. The minimum atomic E-state index is -3.70. The van der Waals surface area contributed by atoms with Crippen molar-refractivity contribution in [1.29, 1.82) is 0 Å². The summed E-state index contributed by atoms with van der Waals surface area (Å²) in [6.45, 7) is 4.99. The maximum Gasteiger partial charge on any atom is 0.243 e. The van der Waals surface area contributed by atoms with Gasteiger partial charge in [-0.15, -0.1) is 0 Å². The minimum absolute atomic E-state index is 0.118. The molecule has 1 aromatic rings.